The second kappa shape index (κ2) is 13.8. The van der Waals surface area contributed by atoms with Gasteiger partial charge in [0.2, 0.25) is 0 Å². The Balaban J connectivity index is 1.48. The predicted molar refractivity (Wildman–Crippen MR) is 177 cm³/mol. The highest BCUT2D eigenvalue weighted by atomic mass is 32.2. The summed E-state index contributed by atoms with van der Waals surface area (Å²) in [4.78, 5) is 62.0. The number of aromatic nitrogens is 2. The number of benzene rings is 3. The molecule has 0 aliphatic carbocycles. The topological polar surface area (TPSA) is 165 Å². The molecule has 0 aliphatic heterocycles. The Morgan fingerprint density at radius 2 is 1.52 bits per heavy atom. The van der Waals surface area contributed by atoms with Gasteiger partial charge in [0, 0.05) is 36.5 Å². The third kappa shape index (κ3) is 8.31. The van der Waals surface area contributed by atoms with Crippen LogP contribution in [0.5, 0.6) is 0 Å². The maximum atomic E-state index is 15.1. The Bertz CT molecular complexity index is 2130. The molecule has 3 aromatic carbocycles. The number of hydrogen-bond donors (Lipinski definition) is 3. The fourth-order valence-corrected chi connectivity index (χ4v) is 5.61. The maximum Gasteiger partial charge on any atom is 0.335 e. The van der Waals surface area contributed by atoms with Crippen LogP contribution in [0.15, 0.2) is 87.4 Å². The van der Waals surface area contributed by atoms with Crippen LogP contribution in [0.25, 0.3) is 5.69 Å². The lowest BCUT2D eigenvalue weighted by Gasteiger charge is -2.20. The first-order valence-electron chi connectivity index (χ1n) is 14.5. The number of sulfonamides is 1. The summed E-state index contributed by atoms with van der Waals surface area (Å²) in [6, 6.07) is 12.0. The summed E-state index contributed by atoms with van der Waals surface area (Å²) in [5.41, 5.74) is -2.66. The Morgan fingerprint density at radius 1 is 0.896 bits per heavy atom. The van der Waals surface area contributed by atoms with Crippen LogP contribution >= 0.6 is 0 Å². The molecule has 250 valence electrons. The van der Waals surface area contributed by atoms with Gasteiger partial charge >= 0.3 is 5.69 Å². The number of rotatable bonds is 10. The molecule has 0 unspecified atom stereocenters. The predicted octanol–water partition coefficient (Wildman–Crippen LogP) is 1.64. The van der Waals surface area contributed by atoms with Crippen molar-refractivity contribution in [1.29, 1.82) is 0 Å². The van der Waals surface area contributed by atoms with Gasteiger partial charge in [-0.15, -0.1) is 0 Å². The number of carbonyl (C=O) groups excluding carboxylic acids is 3. The van der Waals surface area contributed by atoms with Crippen molar-refractivity contribution < 1.29 is 31.6 Å². The minimum Gasteiger partial charge on any atom is -0.347 e. The van der Waals surface area contributed by atoms with E-state index in [1.807, 2.05) is 4.72 Å². The van der Waals surface area contributed by atoms with Crippen LogP contribution in [0.2, 0.25) is 0 Å². The number of carbonyl (C=O) groups is 3. The highest BCUT2D eigenvalue weighted by molar-refractivity contribution is 7.92. The smallest absolute Gasteiger partial charge is 0.335 e. The lowest BCUT2D eigenvalue weighted by Crippen LogP contribution is -2.43. The Hall–Kier alpha value is -5.38. The van der Waals surface area contributed by atoms with Crippen molar-refractivity contribution in [3.8, 4) is 5.69 Å². The molecule has 0 bridgehead atoms. The second-order valence-corrected chi connectivity index (χ2v) is 13.7. The molecule has 0 fully saturated rings. The van der Waals surface area contributed by atoms with E-state index in [1.165, 1.54) is 56.0 Å². The summed E-state index contributed by atoms with van der Waals surface area (Å²) in [5, 5.41) is 5.10. The monoisotopic (exact) mass is 679 g/mol. The molecule has 16 heteroatoms. The van der Waals surface area contributed by atoms with Gasteiger partial charge < -0.3 is 20.0 Å². The van der Waals surface area contributed by atoms with Crippen LogP contribution in [0.3, 0.4) is 0 Å². The lowest BCUT2D eigenvalue weighted by molar-refractivity contribution is -0.113. The second-order valence-electron chi connectivity index (χ2n) is 12.0. The van der Waals surface area contributed by atoms with E-state index in [9.17, 15) is 32.4 Å². The maximum absolute atomic E-state index is 15.1. The zero-order chi connectivity index (χ0) is 35.6. The standard InChI is InChI=1S/C32H32BF2N5O7S/c1-32(2,3)37-29(43)19-7-11-21(12-8-19)48(46,47)38-25-17-23(34)22(16-24(25)35)30(44)36-26(28(33)42)15-18-5-9-20(10-6-18)40-27(41)13-14-39(4)31(40)45/h5-14,16-17,26,38H,15,33H2,1-4H3,(H,36,44)(H,37,43)/t26-/m0/s1. The van der Waals surface area contributed by atoms with E-state index in [4.69, 9.17) is 0 Å². The van der Waals surface area contributed by atoms with E-state index < -0.39 is 73.2 Å². The largest absolute Gasteiger partial charge is 0.347 e. The molecular formula is C32H32BF2N5O7S. The number of nitrogens with one attached hydrogen (secondary N) is 3. The SMILES string of the molecule is BC(=O)[C@H](Cc1ccc(-n2c(=O)ccn(C)c2=O)cc1)NC(=O)c1cc(F)c(NS(=O)(=O)c2ccc(C(=O)NC(C)(C)C)cc2)cc1F. The molecule has 0 spiro atoms. The molecule has 48 heavy (non-hydrogen) atoms. The van der Waals surface area contributed by atoms with E-state index in [1.54, 1.807) is 32.9 Å². The van der Waals surface area contributed by atoms with Crippen LogP contribution in [-0.4, -0.2) is 54.5 Å². The molecule has 0 aliphatic rings. The van der Waals surface area contributed by atoms with Crippen molar-refractivity contribution in [2.75, 3.05) is 4.72 Å². The van der Waals surface area contributed by atoms with Crippen molar-refractivity contribution in [3.63, 3.8) is 0 Å². The summed E-state index contributed by atoms with van der Waals surface area (Å²) in [7, 11) is -1.74. The molecule has 4 rings (SSSR count). The van der Waals surface area contributed by atoms with E-state index in [0.29, 0.717) is 17.7 Å². The number of aryl methyl sites for hydroxylation is 1. The summed E-state index contributed by atoms with van der Waals surface area (Å²) in [6.45, 7) is 5.34. The van der Waals surface area contributed by atoms with Crippen LogP contribution in [0, 0.1) is 11.6 Å². The van der Waals surface area contributed by atoms with Crippen LogP contribution in [-0.2, 0) is 28.3 Å². The quantitative estimate of drug-likeness (QED) is 0.215. The first kappa shape index (κ1) is 35.5. The van der Waals surface area contributed by atoms with Gasteiger partial charge in [-0.25, -0.2) is 26.6 Å². The Kier molecular flexibility index (Phi) is 10.2. The normalized spacial score (nSPS) is 12.2. The number of halogens is 2. The summed E-state index contributed by atoms with van der Waals surface area (Å²) >= 11 is 0. The van der Waals surface area contributed by atoms with Crippen LogP contribution < -0.4 is 26.6 Å². The number of nitrogens with zero attached hydrogens (tertiary/aromatic N) is 2. The van der Waals surface area contributed by atoms with Crippen LogP contribution in [0.1, 0.15) is 47.1 Å². The molecule has 3 N–H and O–H groups in total. The summed E-state index contributed by atoms with van der Waals surface area (Å²) in [6.07, 6.45) is 1.29. The van der Waals surface area contributed by atoms with Gasteiger partial charge in [-0.1, -0.05) is 12.1 Å². The molecule has 1 aromatic heterocycles. The third-order valence-electron chi connectivity index (χ3n) is 7.05. The first-order valence-corrected chi connectivity index (χ1v) is 16.0. The van der Waals surface area contributed by atoms with E-state index in [0.717, 1.165) is 16.7 Å². The highest BCUT2D eigenvalue weighted by Crippen LogP contribution is 2.24. The van der Waals surface area contributed by atoms with Crippen molar-refractivity contribution >= 4 is 41.1 Å². The van der Waals surface area contributed by atoms with E-state index in [-0.39, 0.29) is 22.6 Å². The van der Waals surface area contributed by atoms with Gasteiger partial charge in [0.25, 0.3) is 27.4 Å². The highest BCUT2D eigenvalue weighted by Gasteiger charge is 2.24. The van der Waals surface area contributed by atoms with Gasteiger partial charge in [-0.3, -0.25) is 19.1 Å². The molecule has 4 aromatic rings. The average Bonchev–Trinajstić information content (AvgIpc) is 3.00. The summed E-state index contributed by atoms with van der Waals surface area (Å²) < 4.78 is 60.0. The van der Waals surface area contributed by atoms with Crippen molar-refractivity contribution in [1.82, 2.24) is 19.8 Å². The first-order chi connectivity index (χ1) is 22.4. The van der Waals surface area contributed by atoms with Crippen LogP contribution in [0.4, 0.5) is 14.5 Å². The third-order valence-corrected chi connectivity index (χ3v) is 8.43. The van der Waals surface area contributed by atoms with Crippen molar-refractivity contribution in [2.45, 2.75) is 43.7 Å². The fourth-order valence-electron chi connectivity index (χ4n) is 4.55. The molecule has 1 atom stereocenters. The minimum absolute atomic E-state index is 0.0539. The van der Waals surface area contributed by atoms with Crippen molar-refractivity contribution in [3.05, 3.63) is 122 Å². The van der Waals surface area contributed by atoms with Gasteiger partial charge in [0.15, 0.2) is 7.85 Å². The Morgan fingerprint density at radius 3 is 2.10 bits per heavy atom. The average molecular weight is 680 g/mol. The Labute approximate surface area is 275 Å². The molecule has 2 amide bonds. The fraction of sp³-hybridized carbons (Fsp3) is 0.219. The molecule has 12 nitrogen and oxygen atoms in total. The molecule has 0 radical (unpaired) electrons. The van der Waals surface area contributed by atoms with E-state index in [2.05, 4.69) is 10.6 Å². The molecule has 0 saturated carbocycles. The number of anilines is 1. The van der Waals surface area contributed by atoms with Crippen molar-refractivity contribution in [2.24, 2.45) is 7.05 Å². The molecular weight excluding hydrogens is 647 g/mol. The molecule has 1 heterocycles. The minimum atomic E-state index is -4.43. The van der Waals surface area contributed by atoms with Gasteiger partial charge in [-0.05, 0) is 75.2 Å². The zero-order valence-electron chi connectivity index (χ0n) is 26.6. The summed E-state index contributed by atoms with van der Waals surface area (Å²) in [5.74, 6) is -4.08. The van der Waals surface area contributed by atoms with Gasteiger partial charge in [0.1, 0.15) is 17.3 Å². The number of amides is 2. The van der Waals surface area contributed by atoms with Gasteiger partial charge in [-0.2, -0.15) is 0 Å². The zero-order valence-corrected chi connectivity index (χ0v) is 27.4. The van der Waals surface area contributed by atoms with Gasteiger partial charge in [0.05, 0.1) is 27.9 Å². The van der Waals surface area contributed by atoms with E-state index >= 15 is 8.78 Å². The lowest BCUT2D eigenvalue weighted by atomic mass is 9.90. The number of hydrogen-bond acceptors (Lipinski definition) is 7. The molecule has 0 saturated heterocycles.